The first-order valence-electron chi connectivity index (χ1n) is 4.32. The van der Waals surface area contributed by atoms with Gasteiger partial charge in [-0.05, 0) is 33.0 Å². The molecule has 0 radical (unpaired) electrons. The third-order valence-electron chi connectivity index (χ3n) is 2.26. The van der Waals surface area contributed by atoms with E-state index in [1.54, 1.807) is 0 Å². The van der Waals surface area contributed by atoms with Crippen LogP contribution in [0.5, 0.6) is 0 Å². The van der Waals surface area contributed by atoms with Gasteiger partial charge in [-0.15, -0.1) is 0 Å². The summed E-state index contributed by atoms with van der Waals surface area (Å²) in [6.07, 6.45) is 1.96. The van der Waals surface area contributed by atoms with Gasteiger partial charge in [0.25, 0.3) is 0 Å². The fourth-order valence-corrected chi connectivity index (χ4v) is 1.41. The number of nitrogens with one attached hydrogen (secondary N) is 1. The summed E-state index contributed by atoms with van der Waals surface area (Å²) >= 11 is 0. The van der Waals surface area contributed by atoms with Crippen LogP contribution in [0.3, 0.4) is 0 Å². The van der Waals surface area contributed by atoms with Crippen molar-refractivity contribution in [3.63, 3.8) is 0 Å². The number of hydrogen-bond acceptors (Lipinski definition) is 4. The molecule has 1 saturated heterocycles. The van der Waals surface area contributed by atoms with Crippen molar-refractivity contribution in [3.8, 4) is 0 Å². The average molecular weight is 186 g/mol. The molecule has 74 valence electrons. The quantitative estimate of drug-likeness (QED) is 0.478. The summed E-state index contributed by atoms with van der Waals surface area (Å²) in [7, 11) is 2.02. The van der Waals surface area contributed by atoms with Crippen molar-refractivity contribution < 1.29 is 14.4 Å². The lowest BCUT2D eigenvalue weighted by Gasteiger charge is -2.26. The van der Waals surface area contributed by atoms with Gasteiger partial charge in [0.05, 0.1) is 5.92 Å². The van der Waals surface area contributed by atoms with Gasteiger partial charge in [0.2, 0.25) is 6.41 Å². The lowest BCUT2D eigenvalue weighted by Crippen LogP contribution is -2.35. The molecule has 1 aliphatic rings. The first-order chi connectivity index (χ1) is 6.24. The van der Waals surface area contributed by atoms with Crippen LogP contribution in [0.2, 0.25) is 0 Å². The number of carbonyl (C=O) groups excluding carboxylic acids is 2. The second-order valence-corrected chi connectivity index (χ2v) is 3.23. The minimum absolute atomic E-state index is 0.0661. The van der Waals surface area contributed by atoms with Gasteiger partial charge in [-0.3, -0.25) is 4.79 Å². The highest BCUT2D eigenvalue weighted by Gasteiger charge is 2.24. The van der Waals surface area contributed by atoms with E-state index in [0.717, 1.165) is 25.9 Å². The Morgan fingerprint density at radius 1 is 1.54 bits per heavy atom. The van der Waals surface area contributed by atoms with Gasteiger partial charge in [0, 0.05) is 0 Å². The van der Waals surface area contributed by atoms with Crippen molar-refractivity contribution in [2.45, 2.75) is 12.8 Å². The van der Waals surface area contributed by atoms with Crippen LogP contribution in [-0.2, 0) is 14.4 Å². The van der Waals surface area contributed by atoms with E-state index in [1.165, 1.54) is 0 Å². The molecule has 0 aromatic carbocycles. The molecule has 13 heavy (non-hydrogen) atoms. The minimum atomic E-state index is -0.333. The molecule has 0 unspecified atom stereocenters. The highest BCUT2D eigenvalue weighted by molar-refractivity contribution is 5.73. The smallest absolute Gasteiger partial charge is 0.335 e. The maximum absolute atomic E-state index is 11.2. The number of likely N-dealkylation sites (tertiary alicyclic amines) is 1. The Bertz CT molecular complexity index is 188. The lowest BCUT2D eigenvalue weighted by molar-refractivity contribution is -0.160. The van der Waals surface area contributed by atoms with Gasteiger partial charge in [-0.25, -0.2) is 4.79 Å². The molecular formula is C8H14N2O3. The molecule has 1 fully saturated rings. The van der Waals surface area contributed by atoms with E-state index in [0.29, 0.717) is 6.41 Å². The Kier molecular flexibility index (Phi) is 3.70. The van der Waals surface area contributed by atoms with Gasteiger partial charge in [0.1, 0.15) is 0 Å². The normalized spacial score (nSPS) is 19.5. The Labute approximate surface area is 77.0 Å². The Morgan fingerprint density at radius 3 is 2.69 bits per heavy atom. The molecule has 0 aromatic heterocycles. The molecule has 5 nitrogen and oxygen atoms in total. The summed E-state index contributed by atoms with van der Waals surface area (Å²) in [4.78, 5) is 27.7. The maximum atomic E-state index is 11.2. The fourth-order valence-electron chi connectivity index (χ4n) is 1.41. The maximum Gasteiger partial charge on any atom is 0.335 e. The number of carbonyl (C=O) groups is 2. The standard InChI is InChI=1S/C8H14N2O3/c1-10-4-2-7(3-5-10)8(12)13-9-6-11/h6-7H,2-5H2,1H3,(H,9,11). The molecule has 1 heterocycles. The summed E-state index contributed by atoms with van der Waals surface area (Å²) in [6, 6.07) is 0. The van der Waals surface area contributed by atoms with Crippen LogP contribution in [0.25, 0.3) is 0 Å². The fraction of sp³-hybridized carbons (Fsp3) is 0.750. The van der Waals surface area contributed by atoms with Gasteiger partial charge in [0.15, 0.2) is 0 Å². The van der Waals surface area contributed by atoms with E-state index < -0.39 is 0 Å². The van der Waals surface area contributed by atoms with Gasteiger partial charge >= 0.3 is 5.97 Å². The minimum Gasteiger partial charge on any atom is -0.341 e. The zero-order valence-corrected chi connectivity index (χ0v) is 7.66. The van der Waals surface area contributed by atoms with Crippen LogP contribution >= 0.6 is 0 Å². The van der Waals surface area contributed by atoms with Crippen molar-refractivity contribution in [2.75, 3.05) is 20.1 Å². The molecule has 1 aliphatic heterocycles. The molecule has 0 saturated carbocycles. The van der Waals surface area contributed by atoms with Crippen LogP contribution in [-0.4, -0.2) is 37.4 Å². The monoisotopic (exact) mass is 186 g/mol. The van der Waals surface area contributed by atoms with E-state index in [-0.39, 0.29) is 11.9 Å². The number of hydrogen-bond donors (Lipinski definition) is 1. The first-order valence-corrected chi connectivity index (χ1v) is 4.32. The van der Waals surface area contributed by atoms with E-state index in [4.69, 9.17) is 0 Å². The second kappa shape index (κ2) is 4.81. The number of rotatable bonds is 3. The van der Waals surface area contributed by atoms with E-state index in [1.807, 2.05) is 12.5 Å². The van der Waals surface area contributed by atoms with E-state index >= 15 is 0 Å². The third kappa shape index (κ3) is 3.02. The van der Waals surface area contributed by atoms with Crippen molar-refractivity contribution in [2.24, 2.45) is 5.92 Å². The zero-order chi connectivity index (χ0) is 9.68. The van der Waals surface area contributed by atoms with Gasteiger partial charge in [-0.2, -0.15) is 5.48 Å². The first kappa shape index (κ1) is 9.98. The predicted molar refractivity (Wildman–Crippen MR) is 45.5 cm³/mol. The Balaban J connectivity index is 2.27. The van der Waals surface area contributed by atoms with Crippen molar-refractivity contribution in [1.29, 1.82) is 0 Å². The van der Waals surface area contributed by atoms with Crippen LogP contribution in [0.4, 0.5) is 0 Å². The molecule has 0 spiro atoms. The average Bonchev–Trinajstić information content (AvgIpc) is 2.15. The van der Waals surface area contributed by atoms with E-state index in [9.17, 15) is 9.59 Å². The van der Waals surface area contributed by atoms with E-state index in [2.05, 4.69) is 9.74 Å². The lowest BCUT2D eigenvalue weighted by atomic mass is 9.98. The second-order valence-electron chi connectivity index (χ2n) is 3.23. The summed E-state index contributed by atoms with van der Waals surface area (Å²) in [6.45, 7) is 1.81. The molecule has 0 bridgehead atoms. The molecular weight excluding hydrogens is 172 g/mol. The Hall–Kier alpha value is -1.10. The molecule has 1 N–H and O–H groups in total. The van der Waals surface area contributed by atoms with Crippen LogP contribution in [0.15, 0.2) is 0 Å². The molecule has 1 rings (SSSR count). The van der Waals surface area contributed by atoms with Gasteiger partial charge in [-0.1, -0.05) is 0 Å². The number of hydroxylamine groups is 1. The third-order valence-corrected chi connectivity index (χ3v) is 2.26. The topological polar surface area (TPSA) is 58.6 Å². The van der Waals surface area contributed by atoms with Gasteiger partial charge < -0.3 is 9.74 Å². The zero-order valence-electron chi connectivity index (χ0n) is 7.66. The van der Waals surface area contributed by atoms with Crippen molar-refractivity contribution in [3.05, 3.63) is 0 Å². The Morgan fingerprint density at radius 2 is 2.15 bits per heavy atom. The highest BCUT2D eigenvalue weighted by atomic mass is 16.7. The summed E-state index contributed by atoms with van der Waals surface area (Å²) < 4.78 is 0. The number of piperidine rings is 1. The van der Waals surface area contributed by atoms with Crippen LogP contribution in [0, 0.1) is 5.92 Å². The summed E-state index contributed by atoms with van der Waals surface area (Å²) in [5, 5.41) is 0. The number of amides is 1. The highest BCUT2D eigenvalue weighted by Crippen LogP contribution is 2.16. The molecule has 5 heteroatoms. The van der Waals surface area contributed by atoms with Crippen LogP contribution in [0.1, 0.15) is 12.8 Å². The largest absolute Gasteiger partial charge is 0.341 e. The molecule has 0 aliphatic carbocycles. The number of nitrogens with zero attached hydrogens (tertiary/aromatic N) is 1. The molecule has 0 aromatic rings. The summed E-state index contributed by atoms with van der Waals surface area (Å²) in [5.41, 5.74) is 1.91. The molecule has 0 atom stereocenters. The van der Waals surface area contributed by atoms with Crippen molar-refractivity contribution >= 4 is 12.4 Å². The molecule has 1 amide bonds. The van der Waals surface area contributed by atoms with Crippen molar-refractivity contribution in [1.82, 2.24) is 10.4 Å². The summed E-state index contributed by atoms with van der Waals surface area (Å²) in [5.74, 6) is -0.399. The predicted octanol–water partition coefficient (Wildman–Crippen LogP) is -0.468. The SMILES string of the molecule is CN1CCC(C(=O)ONC=O)CC1. The van der Waals surface area contributed by atoms with Crippen LogP contribution < -0.4 is 5.48 Å².